The van der Waals surface area contributed by atoms with E-state index in [9.17, 15) is 9.18 Å². The molecular formula is C8H8FNO3. The Labute approximate surface area is 73.9 Å². The van der Waals surface area contributed by atoms with Crippen LogP contribution in [0.2, 0.25) is 0 Å². The Morgan fingerprint density at radius 1 is 1.62 bits per heavy atom. The van der Waals surface area contributed by atoms with Crippen molar-refractivity contribution in [1.29, 1.82) is 0 Å². The van der Waals surface area contributed by atoms with Gasteiger partial charge in [-0.2, -0.15) is 0 Å². The fraction of sp³-hybridized carbons (Fsp3) is 0.125. The maximum Gasteiger partial charge on any atom is 0.274 e. The zero-order valence-electron chi connectivity index (χ0n) is 6.87. The molecule has 1 amide bonds. The molecule has 0 aliphatic carbocycles. The third-order valence-electron chi connectivity index (χ3n) is 1.52. The molecule has 0 saturated heterocycles. The third-order valence-corrected chi connectivity index (χ3v) is 1.52. The van der Waals surface area contributed by atoms with E-state index < -0.39 is 11.7 Å². The number of nitrogens with one attached hydrogen (secondary N) is 1. The molecule has 0 aliphatic heterocycles. The molecule has 4 nitrogen and oxygen atoms in total. The van der Waals surface area contributed by atoms with Crippen LogP contribution in [0, 0.1) is 5.82 Å². The molecule has 1 rings (SSSR count). The van der Waals surface area contributed by atoms with Gasteiger partial charge in [-0.25, -0.2) is 9.87 Å². The molecule has 0 radical (unpaired) electrons. The molecule has 5 heteroatoms. The zero-order chi connectivity index (χ0) is 9.84. The Morgan fingerprint density at radius 3 is 2.77 bits per heavy atom. The highest BCUT2D eigenvalue weighted by molar-refractivity contribution is 5.93. The van der Waals surface area contributed by atoms with E-state index in [1.165, 1.54) is 24.7 Å². The van der Waals surface area contributed by atoms with Gasteiger partial charge in [0.25, 0.3) is 5.91 Å². The van der Waals surface area contributed by atoms with Gasteiger partial charge in [-0.15, -0.1) is 0 Å². The topological polar surface area (TPSA) is 58.6 Å². The summed E-state index contributed by atoms with van der Waals surface area (Å²) in [6, 6.07) is 3.62. The summed E-state index contributed by atoms with van der Waals surface area (Å²) in [6.45, 7) is 0. The first-order valence-electron chi connectivity index (χ1n) is 3.47. The van der Waals surface area contributed by atoms with Gasteiger partial charge in [0.15, 0.2) is 11.6 Å². The molecule has 70 valence electrons. The Balaban J connectivity index is 3.02. The molecule has 1 aromatic rings. The molecule has 0 saturated carbocycles. The highest BCUT2D eigenvalue weighted by atomic mass is 19.1. The van der Waals surface area contributed by atoms with Crippen LogP contribution in [0.15, 0.2) is 18.2 Å². The van der Waals surface area contributed by atoms with E-state index in [4.69, 9.17) is 5.21 Å². The van der Waals surface area contributed by atoms with Crippen LogP contribution in [0.25, 0.3) is 0 Å². The minimum atomic E-state index is -0.762. The SMILES string of the molecule is COc1ccc(C(=O)NO)cc1F. The minimum Gasteiger partial charge on any atom is -0.494 e. The first kappa shape index (κ1) is 9.47. The van der Waals surface area contributed by atoms with E-state index in [0.717, 1.165) is 6.07 Å². The van der Waals surface area contributed by atoms with Crippen molar-refractivity contribution < 1.29 is 19.1 Å². The molecule has 0 unspecified atom stereocenters. The first-order valence-corrected chi connectivity index (χ1v) is 3.47. The number of halogens is 1. The summed E-state index contributed by atoms with van der Waals surface area (Å²) in [5.41, 5.74) is 1.43. The number of carbonyl (C=O) groups excluding carboxylic acids is 1. The van der Waals surface area contributed by atoms with E-state index in [2.05, 4.69) is 4.74 Å². The van der Waals surface area contributed by atoms with Crippen LogP contribution < -0.4 is 10.2 Å². The Hall–Kier alpha value is -1.62. The van der Waals surface area contributed by atoms with Gasteiger partial charge in [-0.05, 0) is 18.2 Å². The van der Waals surface area contributed by atoms with Crippen molar-refractivity contribution in [3.05, 3.63) is 29.6 Å². The predicted octanol–water partition coefficient (Wildman–Crippen LogP) is 0.953. The average molecular weight is 185 g/mol. The number of methoxy groups -OCH3 is 1. The van der Waals surface area contributed by atoms with Gasteiger partial charge in [0, 0.05) is 5.56 Å². The zero-order valence-corrected chi connectivity index (χ0v) is 6.87. The monoisotopic (exact) mass is 185 g/mol. The van der Waals surface area contributed by atoms with Gasteiger partial charge < -0.3 is 4.74 Å². The molecule has 0 aromatic heterocycles. The lowest BCUT2D eigenvalue weighted by Crippen LogP contribution is -2.18. The molecule has 0 bridgehead atoms. The molecule has 0 fully saturated rings. The molecule has 1 aromatic carbocycles. The summed E-state index contributed by atoms with van der Waals surface area (Å²) in [5.74, 6) is -1.36. The van der Waals surface area contributed by atoms with Crippen molar-refractivity contribution in [3.8, 4) is 5.75 Å². The van der Waals surface area contributed by atoms with Crippen molar-refractivity contribution in [2.45, 2.75) is 0 Å². The van der Waals surface area contributed by atoms with Crippen molar-refractivity contribution >= 4 is 5.91 Å². The van der Waals surface area contributed by atoms with E-state index in [0.29, 0.717) is 0 Å². The van der Waals surface area contributed by atoms with Crippen molar-refractivity contribution in [3.63, 3.8) is 0 Å². The molecule has 13 heavy (non-hydrogen) atoms. The molecule has 0 spiro atoms. The quantitative estimate of drug-likeness (QED) is 0.532. The molecule has 2 N–H and O–H groups in total. The maximum atomic E-state index is 13.0. The lowest BCUT2D eigenvalue weighted by atomic mass is 10.2. The highest BCUT2D eigenvalue weighted by Crippen LogP contribution is 2.17. The van der Waals surface area contributed by atoms with Crippen molar-refractivity contribution in [2.24, 2.45) is 0 Å². The summed E-state index contributed by atoms with van der Waals surface area (Å²) in [5, 5.41) is 8.25. The number of rotatable bonds is 2. The molecule has 0 aliphatic rings. The van der Waals surface area contributed by atoms with Crippen LogP contribution >= 0.6 is 0 Å². The van der Waals surface area contributed by atoms with E-state index in [1.807, 2.05) is 0 Å². The second kappa shape index (κ2) is 3.86. The van der Waals surface area contributed by atoms with E-state index >= 15 is 0 Å². The average Bonchev–Trinajstić information content (AvgIpc) is 2.16. The fourth-order valence-corrected chi connectivity index (χ4v) is 0.872. The summed E-state index contributed by atoms with van der Waals surface area (Å²) < 4.78 is 17.6. The van der Waals surface area contributed by atoms with Gasteiger partial charge in [0.05, 0.1) is 7.11 Å². The Morgan fingerprint density at radius 2 is 2.31 bits per heavy atom. The van der Waals surface area contributed by atoms with Crippen molar-refractivity contribution in [1.82, 2.24) is 5.48 Å². The standard InChI is InChI=1S/C8H8FNO3/c1-13-7-3-2-5(4-6(7)9)8(11)10-12/h2-4,12H,1H3,(H,10,11). The van der Waals surface area contributed by atoms with Gasteiger partial charge in [0.2, 0.25) is 0 Å². The normalized spacial score (nSPS) is 9.46. The summed E-state index contributed by atoms with van der Waals surface area (Å²) in [4.78, 5) is 10.8. The fourth-order valence-electron chi connectivity index (χ4n) is 0.872. The molecular weight excluding hydrogens is 177 g/mol. The van der Waals surface area contributed by atoms with Crippen molar-refractivity contribution in [2.75, 3.05) is 7.11 Å². The summed E-state index contributed by atoms with van der Waals surface area (Å²) >= 11 is 0. The van der Waals surface area contributed by atoms with Gasteiger partial charge >= 0.3 is 0 Å². The number of hydrogen-bond acceptors (Lipinski definition) is 3. The van der Waals surface area contributed by atoms with E-state index in [-0.39, 0.29) is 11.3 Å². The van der Waals surface area contributed by atoms with Crippen LogP contribution in [-0.2, 0) is 0 Å². The molecule has 0 atom stereocenters. The smallest absolute Gasteiger partial charge is 0.274 e. The van der Waals surface area contributed by atoms with Crippen LogP contribution in [0.3, 0.4) is 0 Å². The second-order valence-electron chi connectivity index (χ2n) is 2.29. The maximum absolute atomic E-state index is 13.0. The lowest BCUT2D eigenvalue weighted by Gasteiger charge is -2.03. The Kier molecular flexibility index (Phi) is 2.81. The van der Waals surface area contributed by atoms with Crippen LogP contribution in [-0.4, -0.2) is 18.2 Å². The van der Waals surface area contributed by atoms with Gasteiger partial charge in [-0.1, -0.05) is 0 Å². The van der Waals surface area contributed by atoms with Crippen LogP contribution in [0.5, 0.6) is 5.75 Å². The first-order chi connectivity index (χ1) is 6.19. The van der Waals surface area contributed by atoms with Crippen LogP contribution in [0.1, 0.15) is 10.4 Å². The summed E-state index contributed by atoms with van der Waals surface area (Å²) in [6.07, 6.45) is 0. The minimum absolute atomic E-state index is 0.0285. The summed E-state index contributed by atoms with van der Waals surface area (Å²) in [7, 11) is 1.32. The Bertz CT molecular complexity index is 327. The number of amides is 1. The number of hydrogen-bond donors (Lipinski definition) is 2. The highest BCUT2D eigenvalue weighted by Gasteiger charge is 2.08. The third kappa shape index (κ3) is 1.94. The van der Waals surface area contributed by atoms with Gasteiger partial charge in [0.1, 0.15) is 0 Å². The second-order valence-corrected chi connectivity index (χ2v) is 2.29. The number of ether oxygens (including phenoxy) is 1. The predicted molar refractivity (Wildman–Crippen MR) is 42.2 cm³/mol. The van der Waals surface area contributed by atoms with Gasteiger partial charge in [-0.3, -0.25) is 10.0 Å². The van der Waals surface area contributed by atoms with Crippen LogP contribution in [0.4, 0.5) is 4.39 Å². The number of carbonyl (C=O) groups is 1. The number of hydroxylamine groups is 1. The molecule has 0 heterocycles. The van der Waals surface area contributed by atoms with E-state index in [1.54, 1.807) is 0 Å². The lowest BCUT2D eigenvalue weighted by molar-refractivity contribution is 0.0706. The number of benzene rings is 1. The largest absolute Gasteiger partial charge is 0.494 e.